The number of benzene rings is 1. The summed E-state index contributed by atoms with van der Waals surface area (Å²) in [5.41, 5.74) is 1.42. The van der Waals surface area contributed by atoms with Gasteiger partial charge in [-0.2, -0.15) is 0 Å². The van der Waals surface area contributed by atoms with Crippen molar-refractivity contribution in [2.24, 2.45) is 0 Å². The lowest BCUT2D eigenvalue weighted by molar-refractivity contribution is -0.384. The first-order valence-electron chi connectivity index (χ1n) is 6.77. The van der Waals surface area contributed by atoms with Gasteiger partial charge in [-0.05, 0) is 12.1 Å². The van der Waals surface area contributed by atoms with Gasteiger partial charge in [0.2, 0.25) is 5.89 Å². The standard InChI is InChI=1S/C15H17N3O4/c1-2-7-17(8-9-19)10-13-11-22-15(16-13)12-3-5-14(6-4-12)18(20)21/h2-6,11,19H,1,7-10H2. The van der Waals surface area contributed by atoms with E-state index in [9.17, 15) is 10.1 Å². The number of oxazole rings is 1. The number of hydrogen-bond acceptors (Lipinski definition) is 6. The monoisotopic (exact) mass is 303 g/mol. The lowest BCUT2D eigenvalue weighted by Gasteiger charge is -2.17. The van der Waals surface area contributed by atoms with Crippen molar-refractivity contribution in [3.05, 3.63) is 59.0 Å². The zero-order valence-electron chi connectivity index (χ0n) is 12.0. The van der Waals surface area contributed by atoms with Crippen LogP contribution in [0.25, 0.3) is 11.5 Å². The van der Waals surface area contributed by atoms with Crippen molar-refractivity contribution in [2.45, 2.75) is 6.54 Å². The molecule has 0 bridgehead atoms. The molecule has 7 heteroatoms. The second kappa shape index (κ2) is 7.48. The predicted molar refractivity (Wildman–Crippen MR) is 81.2 cm³/mol. The van der Waals surface area contributed by atoms with Gasteiger partial charge in [0.1, 0.15) is 6.26 Å². The first-order chi connectivity index (χ1) is 10.6. The molecular weight excluding hydrogens is 286 g/mol. The Morgan fingerprint density at radius 3 is 2.73 bits per heavy atom. The molecule has 0 saturated heterocycles. The van der Waals surface area contributed by atoms with Crippen LogP contribution in [0, 0.1) is 10.1 Å². The van der Waals surface area contributed by atoms with Crippen molar-refractivity contribution in [3.8, 4) is 11.5 Å². The largest absolute Gasteiger partial charge is 0.444 e. The molecule has 2 aromatic rings. The van der Waals surface area contributed by atoms with E-state index in [1.165, 1.54) is 12.1 Å². The van der Waals surface area contributed by atoms with Crippen LogP contribution in [0.5, 0.6) is 0 Å². The van der Waals surface area contributed by atoms with E-state index in [1.54, 1.807) is 24.5 Å². The number of aliphatic hydroxyl groups excluding tert-OH is 1. The van der Waals surface area contributed by atoms with Gasteiger partial charge in [0, 0.05) is 37.3 Å². The van der Waals surface area contributed by atoms with Crippen LogP contribution < -0.4 is 0 Å². The number of aliphatic hydroxyl groups is 1. The number of hydrogen-bond donors (Lipinski definition) is 1. The SMILES string of the molecule is C=CCN(CCO)Cc1coc(-c2ccc([N+](=O)[O-])cc2)n1. The lowest BCUT2D eigenvalue weighted by atomic mass is 10.2. The first kappa shape index (κ1) is 15.9. The zero-order valence-corrected chi connectivity index (χ0v) is 12.0. The Labute approximate surface area is 127 Å². The minimum absolute atomic E-state index is 0.0237. The minimum atomic E-state index is -0.452. The molecule has 0 atom stereocenters. The van der Waals surface area contributed by atoms with Crippen molar-refractivity contribution in [1.82, 2.24) is 9.88 Å². The highest BCUT2D eigenvalue weighted by molar-refractivity contribution is 5.55. The van der Waals surface area contributed by atoms with E-state index >= 15 is 0 Å². The van der Waals surface area contributed by atoms with Crippen LogP contribution in [0.2, 0.25) is 0 Å². The smallest absolute Gasteiger partial charge is 0.269 e. The minimum Gasteiger partial charge on any atom is -0.444 e. The van der Waals surface area contributed by atoms with E-state index in [-0.39, 0.29) is 12.3 Å². The Hall–Kier alpha value is -2.51. The molecule has 1 aromatic carbocycles. The van der Waals surface area contributed by atoms with Gasteiger partial charge in [0.05, 0.1) is 17.2 Å². The van der Waals surface area contributed by atoms with E-state index in [4.69, 9.17) is 9.52 Å². The summed E-state index contributed by atoms with van der Waals surface area (Å²) < 4.78 is 5.41. The van der Waals surface area contributed by atoms with Crippen molar-refractivity contribution in [1.29, 1.82) is 0 Å². The summed E-state index contributed by atoms with van der Waals surface area (Å²) in [5.74, 6) is 0.410. The highest BCUT2D eigenvalue weighted by atomic mass is 16.6. The van der Waals surface area contributed by atoms with Gasteiger partial charge in [-0.25, -0.2) is 4.98 Å². The molecular formula is C15H17N3O4. The van der Waals surface area contributed by atoms with Gasteiger partial charge >= 0.3 is 0 Å². The average molecular weight is 303 g/mol. The fourth-order valence-electron chi connectivity index (χ4n) is 2.03. The van der Waals surface area contributed by atoms with Crippen LogP contribution >= 0.6 is 0 Å². The summed E-state index contributed by atoms with van der Waals surface area (Å²) in [7, 11) is 0. The molecule has 1 aromatic heterocycles. The molecule has 0 amide bonds. The number of nitrogens with zero attached hydrogens (tertiary/aromatic N) is 3. The topological polar surface area (TPSA) is 92.6 Å². The van der Waals surface area contributed by atoms with Gasteiger partial charge in [-0.1, -0.05) is 6.08 Å². The van der Waals surface area contributed by atoms with Crippen LogP contribution in [0.15, 0.2) is 47.6 Å². The Balaban J connectivity index is 2.09. The Morgan fingerprint density at radius 2 is 2.14 bits per heavy atom. The van der Waals surface area contributed by atoms with Crippen molar-refractivity contribution in [3.63, 3.8) is 0 Å². The molecule has 0 radical (unpaired) electrons. The van der Waals surface area contributed by atoms with Crippen LogP contribution in [0.3, 0.4) is 0 Å². The second-order valence-electron chi connectivity index (χ2n) is 4.70. The van der Waals surface area contributed by atoms with Crippen LogP contribution in [-0.2, 0) is 6.54 Å². The Morgan fingerprint density at radius 1 is 1.41 bits per heavy atom. The van der Waals surface area contributed by atoms with E-state index in [1.807, 2.05) is 4.90 Å². The third kappa shape index (κ3) is 4.00. The maximum absolute atomic E-state index is 10.6. The summed E-state index contributed by atoms with van der Waals surface area (Å²) in [6.45, 7) is 5.42. The summed E-state index contributed by atoms with van der Waals surface area (Å²) in [6, 6.07) is 6.02. The molecule has 0 aliphatic rings. The first-order valence-corrected chi connectivity index (χ1v) is 6.77. The van der Waals surface area contributed by atoms with Crippen molar-refractivity contribution >= 4 is 5.69 Å². The molecule has 0 fully saturated rings. The number of rotatable bonds is 8. The van der Waals surface area contributed by atoms with E-state index < -0.39 is 4.92 Å². The number of nitro groups is 1. The van der Waals surface area contributed by atoms with Crippen LogP contribution in [-0.4, -0.2) is 39.6 Å². The van der Waals surface area contributed by atoms with Crippen LogP contribution in [0.4, 0.5) is 5.69 Å². The summed E-state index contributed by atoms with van der Waals surface area (Å²) in [6.07, 6.45) is 3.30. The fraction of sp³-hybridized carbons (Fsp3) is 0.267. The van der Waals surface area contributed by atoms with Gasteiger partial charge in [-0.15, -0.1) is 6.58 Å². The summed E-state index contributed by atoms with van der Waals surface area (Å²) >= 11 is 0. The highest BCUT2D eigenvalue weighted by Gasteiger charge is 2.12. The fourth-order valence-corrected chi connectivity index (χ4v) is 2.03. The molecule has 0 saturated carbocycles. The van der Waals surface area contributed by atoms with E-state index in [0.717, 1.165) is 5.69 Å². The van der Waals surface area contributed by atoms with E-state index in [0.29, 0.717) is 31.1 Å². The van der Waals surface area contributed by atoms with Crippen molar-refractivity contribution < 1.29 is 14.4 Å². The molecule has 1 N–H and O–H groups in total. The number of non-ortho nitro benzene ring substituents is 1. The van der Waals surface area contributed by atoms with Gasteiger partial charge in [0.15, 0.2) is 0 Å². The third-order valence-electron chi connectivity index (χ3n) is 3.07. The quantitative estimate of drug-likeness (QED) is 0.456. The maximum atomic E-state index is 10.6. The van der Waals surface area contributed by atoms with Gasteiger partial charge in [-0.3, -0.25) is 15.0 Å². The van der Waals surface area contributed by atoms with Gasteiger partial charge in [0.25, 0.3) is 5.69 Å². The molecule has 0 unspecified atom stereocenters. The maximum Gasteiger partial charge on any atom is 0.269 e. The molecule has 116 valence electrons. The molecule has 0 aliphatic carbocycles. The third-order valence-corrected chi connectivity index (χ3v) is 3.07. The van der Waals surface area contributed by atoms with Crippen molar-refractivity contribution in [2.75, 3.05) is 19.7 Å². The predicted octanol–water partition coefficient (Wildman–Crippen LogP) is 2.23. The molecule has 1 heterocycles. The lowest BCUT2D eigenvalue weighted by Crippen LogP contribution is -2.26. The highest BCUT2D eigenvalue weighted by Crippen LogP contribution is 2.22. The molecule has 22 heavy (non-hydrogen) atoms. The van der Waals surface area contributed by atoms with Crippen LogP contribution in [0.1, 0.15) is 5.69 Å². The normalized spacial score (nSPS) is 10.8. The second-order valence-corrected chi connectivity index (χ2v) is 4.70. The zero-order chi connectivity index (χ0) is 15.9. The van der Waals surface area contributed by atoms with E-state index in [2.05, 4.69) is 11.6 Å². The Kier molecular flexibility index (Phi) is 5.40. The Bertz CT molecular complexity index is 636. The molecule has 0 aliphatic heterocycles. The molecule has 0 spiro atoms. The molecule has 2 rings (SSSR count). The molecule has 7 nitrogen and oxygen atoms in total. The summed E-state index contributed by atoms with van der Waals surface area (Å²) in [4.78, 5) is 16.5. The summed E-state index contributed by atoms with van der Waals surface area (Å²) in [5, 5.41) is 19.7. The van der Waals surface area contributed by atoms with Gasteiger partial charge < -0.3 is 9.52 Å². The number of nitro benzene ring substituents is 1. The average Bonchev–Trinajstić information content (AvgIpc) is 2.96. The number of aromatic nitrogens is 1.